The first-order valence-corrected chi connectivity index (χ1v) is 10.1. The van der Waals surface area contributed by atoms with Gasteiger partial charge in [0.1, 0.15) is 5.56 Å². The Hall–Kier alpha value is -4.28. The number of nitrogens with zero attached hydrogens (tertiary/aromatic N) is 4. The SMILES string of the molecule is Cc1c(C(=O)OC(C)C(=O)Nc2cccc3ncccc23)cnn1-c1ccc(C(F)(F)F)cn1. The fourth-order valence-electron chi connectivity index (χ4n) is 3.24. The molecule has 0 spiro atoms. The minimum absolute atomic E-state index is 0.0516. The van der Waals surface area contributed by atoms with Crippen molar-refractivity contribution >= 4 is 28.5 Å². The van der Waals surface area contributed by atoms with Crippen LogP contribution in [0.5, 0.6) is 0 Å². The van der Waals surface area contributed by atoms with Crippen LogP contribution in [0.15, 0.2) is 61.1 Å². The molecule has 0 saturated carbocycles. The average Bonchev–Trinajstić information content (AvgIpc) is 3.20. The number of rotatable bonds is 5. The van der Waals surface area contributed by atoms with Gasteiger partial charge in [-0.15, -0.1) is 0 Å². The molecule has 34 heavy (non-hydrogen) atoms. The number of amides is 1. The molecular formula is C23H18F3N5O3. The Morgan fingerprint density at radius 1 is 1.06 bits per heavy atom. The Kier molecular flexibility index (Phi) is 6.01. The van der Waals surface area contributed by atoms with E-state index in [2.05, 4.69) is 20.4 Å². The summed E-state index contributed by atoms with van der Waals surface area (Å²) in [6.45, 7) is 2.96. The van der Waals surface area contributed by atoms with Crippen molar-refractivity contribution in [3.63, 3.8) is 0 Å². The zero-order chi connectivity index (χ0) is 24.5. The first-order valence-electron chi connectivity index (χ1n) is 10.1. The van der Waals surface area contributed by atoms with Crippen LogP contribution in [0.1, 0.15) is 28.5 Å². The minimum atomic E-state index is -4.51. The maximum atomic E-state index is 12.8. The molecule has 1 aromatic carbocycles. The lowest BCUT2D eigenvalue weighted by Gasteiger charge is -2.14. The summed E-state index contributed by atoms with van der Waals surface area (Å²) in [5.74, 6) is -1.25. The zero-order valence-electron chi connectivity index (χ0n) is 18.0. The molecule has 4 aromatic rings. The van der Waals surface area contributed by atoms with Crippen LogP contribution in [-0.4, -0.2) is 37.7 Å². The highest BCUT2D eigenvalue weighted by Crippen LogP contribution is 2.29. The quantitative estimate of drug-likeness (QED) is 0.437. The summed E-state index contributed by atoms with van der Waals surface area (Å²) in [7, 11) is 0. The summed E-state index contributed by atoms with van der Waals surface area (Å²) >= 11 is 0. The molecule has 8 nitrogen and oxygen atoms in total. The van der Waals surface area contributed by atoms with Crippen molar-refractivity contribution in [1.29, 1.82) is 0 Å². The first kappa shape index (κ1) is 22.9. The van der Waals surface area contributed by atoms with Crippen LogP contribution >= 0.6 is 0 Å². The van der Waals surface area contributed by atoms with Gasteiger partial charge in [-0.1, -0.05) is 6.07 Å². The number of carbonyl (C=O) groups excluding carboxylic acids is 2. The van der Waals surface area contributed by atoms with Crippen molar-refractivity contribution in [1.82, 2.24) is 19.7 Å². The molecule has 3 aromatic heterocycles. The zero-order valence-corrected chi connectivity index (χ0v) is 18.0. The first-order chi connectivity index (χ1) is 16.1. The van der Waals surface area contributed by atoms with E-state index >= 15 is 0 Å². The van der Waals surface area contributed by atoms with Crippen molar-refractivity contribution in [3.8, 4) is 5.82 Å². The van der Waals surface area contributed by atoms with E-state index in [4.69, 9.17) is 4.74 Å². The molecule has 0 saturated heterocycles. The second-order valence-corrected chi connectivity index (χ2v) is 7.37. The summed E-state index contributed by atoms with van der Waals surface area (Å²) in [4.78, 5) is 33.3. The number of carbonyl (C=O) groups is 2. The number of anilines is 1. The summed E-state index contributed by atoms with van der Waals surface area (Å²) in [5.41, 5.74) is 0.670. The number of benzene rings is 1. The van der Waals surface area contributed by atoms with Crippen LogP contribution in [0.25, 0.3) is 16.7 Å². The lowest BCUT2D eigenvalue weighted by Crippen LogP contribution is -2.30. The molecule has 1 amide bonds. The fourth-order valence-corrected chi connectivity index (χ4v) is 3.24. The predicted octanol–water partition coefficient (Wildman–Crippen LogP) is 4.33. The number of fused-ring (bicyclic) bond motifs is 1. The predicted molar refractivity (Wildman–Crippen MR) is 116 cm³/mol. The van der Waals surface area contributed by atoms with E-state index in [-0.39, 0.29) is 11.4 Å². The van der Waals surface area contributed by atoms with Crippen molar-refractivity contribution < 1.29 is 27.5 Å². The largest absolute Gasteiger partial charge is 0.449 e. The van der Waals surface area contributed by atoms with Crippen molar-refractivity contribution in [3.05, 3.63) is 77.9 Å². The number of pyridine rings is 2. The molecule has 4 rings (SSSR count). The molecule has 0 aliphatic carbocycles. The van der Waals surface area contributed by atoms with Gasteiger partial charge in [-0.3, -0.25) is 9.78 Å². The van der Waals surface area contributed by atoms with Crippen LogP contribution in [-0.2, 0) is 15.7 Å². The van der Waals surface area contributed by atoms with Crippen LogP contribution in [0.3, 0.4) is 0 Å². The van der Waals surface area contributed by atoms with Gasteiger partial charge in [-0.2, -0.15) is 18.3 Å². The molecule has 1 N–H and O–H groups in total. The number of ether oxygens (including phenoxy) is 1. The highest BCUT2D eigenvalue weighted by Gasteiger charge is 2.31. The number of hydrogen-bond donors (Lipinski definition) is 1. The molecule has 0 bridgehead atoms. The van der Waals surface area contributed by atoms with Gasteiger partial charge in [0.15, 0.2) is 11.9 Å². The molecule has 0 fully saturated rings. The monoisotopic (exact) mass is 469 g/mol. The third-order valence-electron chi connectivity index (χ3n) is 5.08. The van der Waals surface area contributed by atoms with E-state index in [0.717, 1.165) is 17.5 Å². The van der Waals surface area contributed by atoms with Crippen LogP contribution in [0, 0.1) is 6.92 Å². The number of aromatic nitrogens is 4. The second kappa shape index (κ2) is 8.93. The molecule has 1 atom stereocenters. The summed E-state index contributed by atoms with van der Waals surface area (Å²) in [6, 6.07) is 10.8. The van der Waals surface area contributed by atoms with Gasteiger partial charge < -0.3 is 10.1 Å². The van der Waals surface area contributed by atoms with Gasteiger partial charge in [0, 0.05) is 17.8 Å². The van der Waals surface area contributed by atoms with Crippen LogP contribution in [0.4, 0.5) is 18.9 Å². The van der Waals surface area contributed by atoms with Crippen molar-refractivity contribution in [2.75, 3.05) is 5.32 Å². The molecular weight excluding hydrogens is 451 g/mol. The Balaban J connectivity index is 1.46. The second-order valence-electron chi connectivity index (χ2n) is 7.37. The molecule has 11 heteroatoms. The number of halogens is 3. The van der Waals surface area contributed by atoms with Crippen molar-refractivity contribution in [2.24, 2.45) is 0 Å². The summed E-state index contributed by atoms with van der Waals surface area (Å²) in [5, 5.41) is 7.48. The molecule has 3 heterocycles. The maximum absolute atomic E-state index is 12.8. The molecule has 174 valence electrons. The molecule has 0 radical (unpaired) electrons. The fraction of sp³-hybridized carbons (Fsp3) is 0.174. The van der Waals surface area contributed by atoms with E-state index in [1.807, 2.05) is 6.07 Å². The normalized spacial score (nSPS) is 12.4. The smallest absolute Gasteiger partial charge is 0.417 e. The van der Waals surface area contributed by atoms with E-state index in [0.29, 0.717) is 23.1 Å². The number of esters is 1. The van der Waals surface area contributed by atoms with E-state index in [9.17, 15) is 22.8 Å². The highest BCUT2D eigenvalue weighted by atomic mass is 19.4. The van der Waals surface area contributed by atoms with E-state index < -0.39 is 29.7 Å². The topological polar surface area (TPSA) is 99.0 Å². The highest BCUT2D eigenvalue weighted by molar-refractivity contribution is 6.03. The van der Waals surface area contributed by atoms with Crippen LogP contribution < -0.4 is 5.32 Å². The van der Waals surface area contributed by atoms with Crippen LogP contribution in [0.2, 0.25) is 0 Å². The van der Waals surface area contributed by atoms with Gasteiger partial charge in [-0.25, -0.2) is 14.5 Å². The van der Waals surface area contributed by atoms with E-state index in [1.54, 1.807) is 30.5 Å². The molecule has 1 unspecified atom stereocenters. The lowest BCUT2D eigenvalue weighted by atomic mass is 10.2. The Morgan fingerprint density at radius 3 is 2.56 bits per heavy atom. The Labute approximate surface area is 191 Å². The number of hydrogen-bond acceptors (Lipinski definition) is 6. The van der Waals surface area contributed by atoms with Gasteiger partial charge >= 0.3 is 12.1 Å². The third-order valence-corrected chi connectivity index (χ3v) is 5.08. The Morgan fingerprint density at radius 2 is 1.85 bits per heavy atom. The molecule has 0 aliphatic rings. The number of alkyl halides is 3. The standard InChI is InChI=1S/C23H18F3N5O3/c1-13-17(12-29-31(13)20-9-8-15(11-28-20)23(24,25)26)22(33)34-14(2)21(32)30-19-7-3-6-18-16(19)5-4-10-27-18/h3-12,14H,1-2H3,(H,30,32). The maximum Gasteiger partial charge on any atom is 0.417 e. The lowest BCUT2D eigenvalue weighted by molar-refractivity contribution is -0.137. The van der Waals surface area contributed by atoms with Gasteiger partial charge in [0.2, 0.25) is 0 Å². The van der Waals surface area contributed by atoms with Gasteiger partial charge in [0.05, 0.1) is 28.7 Å². The minimum Gasteiger partial charge on any atom is -0.449 e. The number of nitrogens with one attached hydrogen (secondary N) is 1. The molecule has 0 aliphatic heterocycles. The van der Waals surface area contributed by atoms with E-state index in [1.165, 1.54) is 24.7 Å². The van der Waals surface area contributed by atoms with Gasteiger partial charge in [0.25, 0.3) is 5.91 Å². The third kappa shape index (κ3) is 4.58. The average molecular weight is 469 g/mol. The Bertz CT molecular complexity index is 1360. The summed E-state index contributed by atoms with van der Waals surface area (Å²) < 4.78 is 44.8. The summed E-state index contributed by atoms with van der Waals surface area (Å²) in [6.07, 6.45) is -2.12. The van der Waals surface area contributed by atoms with Gasteiger partial charge in [-0.05, 0) is 50.2 Å². The van der Waals surface area contributed by atoms with Crippen molar-refractivity contribution in [2.45, 2.75) is 26.1 Å².